The maximum Gasteiger partial charge on any atom is 0.264 e. The molecule has 1 aliphatic heterocycles. The number of anilines is 1. The Morgan fingerprint density at radius 3 is 2.57 bits per heavy atom. The van der Waals surface area contributed by atoms with E-state index in [0.29, 0.717) is 16.4 Å². The summed E-state index contributed by atoms with van der Waals surface area (Å²) in [4.78, 5) is 33.5. The first-order valence-corrected chi connectivity index (χ1v) is 10.7. The minimum atomic E-state index is -0.275. The van der Waals surface area contributed by atoms with Crippen molar-refractivity contribution in [3.63, 3.8) is 0 Å². The minimum Gasteiger partial charge on any atom is -0.484 e. The molecule has 0 aliphatic carbocycles. The fourth-order valence-corrected chi connectivity index (χ4v) is 4.16. The van der Waals surface area contributed by atoms with E-state index < -0.39 is 0 Å². The summed E-state index contributed by atoms with van der Waals surface area (Å²) in [5.41, 5.74) is 2.53. The molecule has 156 valence electrons. The van der Waals surface area contributed by atoms with Gasteiger partial charge in [-0.15, -0.1) is 0 Å². The summed E-state index contributed by atoms with van der Waals surface area (Å²) in [5.74, 6) is 0.408. The van der Waals surface area contributed by atoms with Crippen LogP contribution in [-0.4, -0.2) is 66.4 Å². The Bertz CT molecular complexity index is 1060. The number of nitrogens with zero attached hydrogens (tertiary/aromatic N) is 3. The zero-order valence-electron chi connectivity index (χ0n) is 17.1. The van der Waals surface area contributed by atoms with E-state index in [1.165, 1.54) is 11.3 Å². The number of thiazole rings is 1. The zero-order chi connectivity index (χ0) is 21.1. The summed E-state index contributed by atoms with van der Waals surface area (Å²) in [6.45, 7) is 5.14. The first kappa shape index (κ1) is 20.3. The minimum absolute atomic E-state index is 0.0375. The lowest BCUT2D eigenvalue weighted by molar-refractivity contribution is -0.118. The van der Waals surface area contributed by atoms with Gasteiger partial charge in [0.1, 0.15) is 5.75 Å². The molecule has 0 saturated carbocycles. The van der Waals surface area contributed by atoms with Gasteiger partial charge in [0.25, 0.3) is 11.8 Å². The number of carbonyl (C=O) groups excluding carboxylic acids is 2. The molecule has 1 aromatic heterocycles. The third-order valence-corrected chi connectivity index (χ3v) is 6.00. The molecular weight excluding hydrogens is 400 g/mol. The van der Waals surface area contributed by atoms with E-state index in [9.17, 15) is 9.59 Å². The molecule has 0 unspecified atom stereocenters. The van der Waals surface area contributed by atoms with E-state index in [1.807, 2.05) is 48.2 Å². The Labute approximate surface area is 179 Å². The average molecular weight is 425 g/mol. The fourth-order valence-electron chi connectivity index (χ4n) is 3.24. The van der Waals surface area contributed by atoms with Crippen LogP contribution < -0.4 is 10.1 Å². The number of hydrogen-bond donors (Lipinski definition) is 1. The molecule has 1 N–H and O–H groups in total. The molecule has 1 aliphatic rings. The topological polar surface area (TPSA) is 74.8 Å². The van der Waals surface area contributed by atoms with Crippen molar-refractivity contribution in [2.75, 3.05) is 45.2 Å². The monoisotopic (exact) mass is 424 g/mol. The summed E-state index contributed by atoms with van der Waals surface area (Å²) in [7, 11) is 2.06. The van der Waals surface area contributed by atoms with E-state index in [1.54, 1.807) is 6.07 Å². The van der Waals surface area contributed by atoms with Crippen LogP contribution in [0, 0.1) is 6.92 Å². The average Bonchev–Trinajstić information content (AvgIpc) is 3.14. The molecule has 4 rings (SSSR count). The Hall–Kier alpha value is -2.97. The lowest BCUT2D eigenvalue weighted by Gasteiger charge is -2.32. The van der Waals surface area contributed by atoms with Crippen LogP contribution in [0.5, 0.6) is 5.75 Å². The number of aromatic nitrogens is 1. The lowest BCUT2D eigenvalue weighted by atomic mass is 10.1. The summed E-state index contributed by atoms with van der Waals surface area (Å²) in [5, 5.41) is 3.26. The van der Waals surface area contributed by atoms with Crippen LogP contribution in [0.1, 0.15) is 15.9 Å². The summed E-state index contributed by atoms with van der Waals surface area (Å²) < 4.78 is 6.37. The molecule has 8 heteroatoms. The molecule has 0 atom stereocenters. The van der Waals surface area contributed by atoms with E-state index >= 15 is 0 Å². The summed E-state index contributed by atoms with van der Waals surface area (Å²) in [6.07, 6.45) is 0. The Morgan fingerprint density at radius 2 is 1.83 bits per heavy atom. The second-order valence-corrected chi connectivity index (χ2v) is 8.48. The number of likely N-dealkylation sites (N-methyl/N-ethyl adjacent to an activating group) is 1. The molecule has 0 spiro atoms. The van der Waals surface area contributed by atoms with Gasteiger partial charge in [-0.3, -0.25) is 14.9 Å². The lowest BCUT2D eigenvalue weighted by Crippen LogP contribution is -2.47. The maximum absolute atomic E-state index is 12.8. The van der Waals surface area contributed by atoms with Gasteiger partial charge >= 0.3 is 0 Å². The molecular formula is C22H24N4O3S. The standard InChI is InChI=1S/C22H24N4O3S/c1-15-3-6-17(7-4-15)29-14-20(27)24-22-23-18-8-5-16(13-19(18)30-22)21(28)26-11-9-25(2)10-12-26/h3-8,13H,9-12,14H2,1-2H3,(H,23,24,27). The molecule has 1 saturated heterocycles. The van der Waals surface area contributed by atoms with Gasteiger partial charge in [0.2, 0.25) is 0 Å². The first-order valence-electron chi connectivity index (χ1n) is 9.86. The SMILES string of the molecule is Cc1ccc(OCC(=O)Nc2nc3ccc(C(=O)N4CCN(C)CC4)cc3s2)cc1. The van der Waals surface area contributed by atoms with Crippen molar-refractivity contribution in [3.8, 4) is 5.75 Å². The number of ether oxygens (including phenoxy) is 1. The van der Waals surface area contributed by atoms with Crippen molar-refractivity contribution < 1.29 is 14.3 Å². The number of fused-ring (bicyclic) bond motifs is 1. The van der Waals surface area contributed by atoms with Crippen molar-refractivity contribution in [1.82, 2.24) is 14.8 Å². The zero-order valence-corrected chi connectivity index (χ0v) is 17.9. The second-order valence-electron chi connectivity index (χ2n) is 7.45. The molecule has 7 nitrogen and oxygen atoms in total. The van der Waals surface area contributed by atoms with Crippen molar-refractivity contribution in [1.29, 1.82) is 0 Å². The van der Waals surface area contributed by atoms with Crippen LogP contribution in [0.25, 0.3) is 10.2 Å². The van der Waals surface area contributed by atoms with Crippen molar-refractivity contribution in [2.24, 2.45) is 0 Å². The van der Waals surface area contributed by atoms with Gasteiger partial charge in [0.05, 0.1) is 10.2 Å². The Morgan fingerprint density at radius 1 is 1.10 bits per heavy atom. The predicted molar refractivity (Wildman–Crippen MR) is 118 cm³/mol. The highest BCUT2D eigenvalue weighted by atomic mass is 32.1. The Kier molecular flexibility index (Phi) is 5.96. The van der Waals surface area contributed by atoms with Crippen LogP contribution in [0.2, 0.25) is 0 Å². The maximum atomic E-state index is 12.8. The van der Waals surface area contributed by atoms with Crippen LogP contribution in [0.15, 0.2) is 42.5 Å². The van der Waals surface area contributed by atoms with Gasteiger partial charge in [0.15, 0.2) is 11.7 Å². The highest BCUT2D eigenvalue weighted by Gasteiger charge is 2.21. The molecule has 1 fully saturated rings. The summed E-state index contributed by atoms with van der Waals surface area (Å²) in [6, 6.07) is 13.0. The molecule has 0 bridgehead atoms. The van der Waals surface area contributed by atoms with E-state index in [0.717, 1.165) is 42.0 Å². The van der Waals surface area contributed by atoms with Crippen molar-refractivity contribution >= 4 is 38.5 Å². The van der Waals surface area contributed by atoms with Gasteiger partial charge < -0.3 is 14.5 Å². The number of aryl methyl sites for hydroxylation is 1. The normalized spacial score (nSPS) is 14.7. The quantitative estimate of drug-likeness (QED) is 0.682. The third-order valence-electron chi connectivity index (χ3n) is 5.06. The van der Waals surface area contributed by atoms with E-state index in [-0.39, 0.29) is 18.4 Å². The van der Waals surface area contributed by atoms with Gasteiger partial charge in [-0.1, -0.05) is 29.0 Å². The van der Waals surface area contributed by atoms with Crippen LogP contribution in [0.4, 0.5) is 5.13 Å². The number of amides is 2. The fraction of sp³-hybridized carbons (Fsp3) is 0.318. The molecule has 2 aromatic carbocycles. The molecule has 30 heavy (non-hydrogen) atoms. The number of benzene rings is 2. The molecule has 0 radical (unpaired) electrons. The number of rotatable bonds is 5. The van der Waals surface area contributed by atoms with E-state index in [2.05, 4.69) is 22.2 Å². The molecule has 3 aromatic rings. The predicted octanol–water partition coefficient (Wildman–Crippen LogP) is 3.01. The van der Waals surface area contributed by atoms with Gasteiger partial charge in [-0.05, 0) is 44.3 Å². The van der Waals surface area contributed by atoms with Crippen LogP contribution >= 0.6 is 11.3 Å². The largest absolute Gasteiger partial charge is 0.484 e. The first-order chi connectivity index (χ1) is 14.5. The third kappa shape index (κ3) is 4.77. The second kappa shape index (κ2) is 8.81. The highest BCUT2D eigenvalue weighted by Crippen LogP contribution is 2.27. The van der Waals surface area contributed by atoms with Crippen LogP contribution in [0.3, 0.4) is 0 Å². The number of hydrogen-bond acceptors (Lipinski definition) is 6. The van der Waals surface area contributed by atoms with Crippen molar-refractivity contribution in [3.05, 3.63) is 53.6 Å². The summed E-state index contributed by atoms with van der Waals surface area (Å²) >= 11 is 1.35. The van der Waals surface area contributed by atoms with Gasteiger partial charge in [-0.25, -0.2) is 4.98 Å². The highest BCUT2D eigenvalue weighted by molar-refractivity contribution is 7.22. The van der Waals surface area contributed by atoms with Gasteiger partial charge in [0, 0.05) is 31.7 Å². The van der Waals surface area contributed by atoms with E-state index in [4.69, 9.17) is 4.74 Å². The van der Waals surface area contributed by atoms with Crippen molar-refractivity contribution in [2.45, 2.75) is 6.92 Å². The molecule has 2 heterocycles. The number of carbonyl (C=O) groups is 2. The molecule has 2 amide bonds. The van der Waals surface area contributed by atoms with Gasteiger partial charge in [-0.2, -0.15) is 0 Å². The van der Waals surface area contributed by atoms with Crippen LogP contribution in [-0.2, 0) is 4.79 Å². The number of piperazine rings is 1. The number of nitrogens with one attached hydrogen (secondary N) is 1. The smallest absolute Gasteiger partial charge is 0.264 e. The Balaban J connectivity index is 1.39.